The topological polar surface area (TPSA) is 3.24 Å². The van der Waals surface area contributed by atoms with Gasteiger partial charge < -0.3 is 4.90 Å². The number of hydrogen-bond acceptors (Lipinski definition) is 1. The van der Waals surface area contributed by atoms with Crippen molar-refractivity contribution in [3.63, 3.8) is 0 Å². The van der Waals surface area contributed by atoms with Crippen LogP contribution in [-0.2, 0) is 0 Å². The quantitative estimate of drug-likeness (QED) is 0.692. The molecule has 0 saturated carbocycles. The van der Waals surface area contributed by atoms with Gasteiger partial charge >= 0.3 is 0 Å². The molecule has 1 aliphatic carbocycles. The summed E-state index contributed by atoms with van der Waals surface area (Å²) in [5, 5.41) is 0. The average molecular weight is 263 g/mol. The number of nitrogens with zero attached hydrogens (tertiary/aromatic N) is 1. The van der Waals surface area contributed by atoms with Gasteiger partial charge in [-0.25, -0.2) is 0 Å². The van der Waals surface area contributed by atoms with Crippen LogP contribution in [0.3, 0.4) is 0 Å². The van der Waals surface area contributed by atoms with E-state index in [1.54, 1.807) is 0 Å². The maximum atomic E-state index is 2.41. The van der Waals surface area contributed by atoms with Gasteiger partial charge in [0.15, 0.2) is 0 Å². The Kier molecular flexibility index (Phi) is 3.13. The molecule has 0 saturated heterocycles. The Balaban J connectivity index is 2.62. The fourth-order valence-corrected chi connectivity index (χ4v) is 2.12. The van der Waals surface area contributed by atoms with Crippen molar-refractivity contribution >= 4 is 22.6 Å². The summed E-state index contributed by atoms with van der Waals surface area (Å²) in [6, 6.07) is 0.608. The first-order valence-electron chi connectivity index (χ1n) is 3.83. The highest BCUT2D eigenvalue weighted by molar-refractivity contribution is 14.1. The van der Waals surface area contributed by atoms with E-state index in [0.29, 0.717) is 12.0 Å². The van der Waals surface area contributed by atoms with Gasteiger partial charge in [0, 0.05) is 12.0 Å². The van der Waals surface area contributed by atoms with Gasteiger partial charge in [-0.05, 0) is 47.2 Å². The summed E-state index contributed by atoms with van der Waals surface area (Å²) in [6.07, 6.45) is 6.60. The second kappa shape index (κ2) is 3.72. The van der Waals surface area contributed by atoms with Crippen LogP contribution in [0.25, 0.3) is 0 Å². The number of hydrogen-bond donors (Lipinski definition) is 0. The van der Waals surface area contributed by atoms with Crippen molar-refractivity contribution in [3.05, 3.63) is 21.8 Å². The van der Waals surface area contributed by atoms with E-state index in [-0.39, 0.29) is 0 Å². The fraction of sp³-hybridized carbons (Fsp3) is 0.556. The summed E-state index contributed by atoms with van der Waals surface area (Å²) in [4.78, 5) is 2.26. The van der Waals surface area contributed by atoms with Crippen LogP contribution in [0.4, 0.5) is 0 Å². The molecule has 0 heterocycles. The molecule has 0 aromatic heterocycles. The number of halogens is 1. The Hall–Kier alpha value is 0.170. The highest BCUT2D eigenvalue weighted by Crippen LogP contribution is 2.29. The standard InChI is InChI=1S/C9H14IN/c1-7(11(2)3)8-5-4-6-9(8)10/h4-8H,1-3H3/t7-,8?/m0/s1. The molecular weight excluding hydrogens is 249 g/mol. The minimum Gasteiger partial charge on any atom is -0.306 e. The maximum Gasteiger partial charge on any atom is 0.0232 e. The molecule has 62 valence electrons. The molecule has 0 radical (unpaired) electrons. The van der Waals surface area contributed by atoms with Crippen molar-refractivity contribution < 1.29 is 0 Å². The van der Waals surface area contributed by atoms with Gasteiger partial charge in [0.25, 0.3) is 0 Å². The van der Waals surface area contributed by atoms with Crippen molar-refractivity contribution in [3.8, 4) is 0 Å². The summed E-state index contributed by atoms with van der Waals surface area (Å²) < 4.78 is 1.45. The van der Waals surface area contributed by atoms with Crippen molar-refractivity contribution in [2.75, 3.05) is 14.1 Å². The van der Waals surface area contributed by atoms with E-state index in [1.807, 2.05) is 0 Å². The SMILES string of the molecule is C[C@@H](C1C=CC=C1I)N(C)C. The van der Waals surface area contributed by atoms with E-state index < -0.39 is 0 Å². The first-order chi connectivity index (χ1) is 5.13. The van der Waals surface area contributed by atoms with Crippen molar-refractivity contribution in [2.45, 2.75) is 13.0 Å². The molecule has 2 heteroatoms. The molecule has 0 aromatic rings. The molecule has 0 aliphatic heterocycles. The van der Waals surface area contributed by atoms with E-state index >= 15 is 0 Å². The molecule has 2 atom stereocenters. The Morgan fingerprint density at radius 3 is 2.55 bits per heavy atom. The molecule has 11 heavy (non-hydrogen) atoms. The molecule has 1 rings (SSSR count). The van der Waals surface area contributed by atoms with E-state index in [9.17, 15) is 0 Å². The van der Waals surface area contributed by atoms with Crippen LogP contribution in [0, 0.1) is 5.92 Å². The van der Waals surface area contributed by atoms with Crippen molar-refractivity contribution in [2.24, 2.45) is 5.92 Å². The zero-order valence-electron chi connectivity index (χ0n) is 7.21. The zero-order valence-corrected chi connectivity index (χ0v) is 9.37. The summed E-state index contributed by atoms with van der Waals surface area (Å²) >= 11 is 2.41. The molecular formula is C9H14IN. The Morgan fingerprint density at radius 1 is 1.55 bits per heavy atom. The molecule has 0 N–H and O–H groups in total. The van der Waals surface area contributed by atoms with Crippen LogP contribution in [0.2, 0.25) is 0 Å². The first kappa shape index (κ1) is 9.26. The average Bonchev–Trinajstić information content (AvgIpc) is 2.33. The van der Waals surface area contributed by atoms with E-state index in [0.717, 1.165) is 0 Å². The third-order valence-electron chi connectivity index (χ3n) is 2.23. The van der Waals surface area contributed by atoms with Crippen LogP contribution < -0.4 is 0 Å². The minimum atomic E-state index is 0.608. The van der Waals surface area contributed by atoms with Gasteiger partial charge in [0.2, 0.25) is 0 Å². The third kappa shape index (κ3) is 2.06. The van der Waals surface area contributed by atoms with Crippen molar-refractivity contribution in [1.82, 2.24) is 4.90 Å². The highest BCUT2D eigenvalue weighted by atomic mass is 127. The maximum absolute atomic E-state index is 2.41. The van der Waals surface area contributed by atoms with Gasteiger partial charge in [-0.3, -0.25) is 0 Å². The summed E-state index contributed by atoms with van der Waals surface area (Å²) in [6.45, 7) is 2.26. The predicted molar refractivity (Wildman–Crippen MR) is 57.9 cm³/mol. The summed E-state index contributed by atoms with van der Waals surface area (Å²) in [7, 11) is 4.25. The van der Waals surface area contributed by atoms with Crippen LogP contribution in [0.5, 0.6) is 0 Å². The number of rotatable bonds is 2. The van der Waals surface area contributed by atoms with Gasteiger partial charge in [0.1, 0.15) is 0 Å². The molecule has 1 nitrogen and oxygen atoms in total. The second-order valence-electron chi connectivity index (χ2n) is 3.17. The molecule has 1 aliphatic rings. The summed E-state index contributed by atoms with van der Waals surface area (Å²) in [5.74, 6) is 0.616. The lowest BCUT2D eigenvalue weighted by atomic mass is 10.0. The fourth-order valence-electron chi connectivity index (χ4n) is 1.18. The molecule has 0 spiro atoms. The smallest absolute Gasteiger partial charge is 0.0232 e. The van der Waals surface area contributed by atoms with Gasteiger partial charge in [0.05, 0.1) is 0 Å². The van der Waals surface area contributed by atoms with Gasteiger partial charge in [-0.2, -0.15) is 0 Å². The second-order valence-corrected chi connectivity index (χ2v) is 4.41. The monoisotopic (exact) mass is 263 g/mol. The lowest BCUT2D eigenvalue weighted by molar-refractivity contribution is 0.282. The van der Waals surface area contributed by atoms with E-state index in [4.69, 9.17) is 0 Å². The lowest BCUT2D eigenvalue weighted by Gasteiger charge is -2.25. The van der Waals surface area contributed by atoms with Gasteiger partial charge in [-0.1, -0.05) is 18.2 Å². The molecule has 0 bridgehead atoms. The normalized spacial score (nSPS) is 25.9. The molecule has 0 fully saturated rings. The molecule has 0 amide bonds. The van der Waals surface area contributed by atoms with Gasteiger partial charge in [-0.15, -0.1) is 0 Å². The van der Waals surface area contributed by atoms with Crippen molar-refractivity contribution in [1.29, 1.82) is 0 Å². The Bertz CT molecular complexity index is 194. The molecule has 1 unspecified atom stereocenters. The van der Waals surface area contributed by atoms with Crippen LogP contribution >= 0.6 is 22.6 Å². The van der Waals surface area contributed by atoms with Crippen LogP contribution in [-0.4, -0.2) is 25.0 Å². The first-order valence-corrected chi connectivity index (χ1v) is 4.91. The Morgan fingerprint density at radius 2 is 2.18 bits per heavy atom. The van der Waals surface area contributed by atoms with Crippen LogP contribution in [0.1, 0.15) is 6.92 Å². The molecule has 0 aromatic carbocycles. The highest BCUT2D eigenvalue weighted by Gasteiger charge is 2.20. The largest absolute Gasteiger partial charge is 0.306 e. The Labute approximate surface area is 82.3 Å². The van der Waals surface area contributed by atoms with Crippen LogP contribution in [0.15, 0.2) is 21.8 Å². The minimum absolute atomic E-state index is 0.608. The number of allylic oxidation sites excluding steroid dienone is 2. The third-order valence-corrected chi connectivity index (χ3v) is 3.31. The predicted octanol–water partition coefficient (Wildman–Crippen LogP) is 2.44. The van der Waals surface area contributed by atoms with E-state index in [1.165, 1.54) is 3.58 Å². The van der Waals surface area contributed by atoms with E-state index in [2.05, 4.69) is 66.7 Å². The zero-order chi connectivity index (χ0) is 8.43. The lowest BCUT2D eigenvalue weighted by Crippen LogP contribution is -2.30. The summed E-state index contributed by atoms with van der Waals surface area (Å²) in [5.41, 5.74) is 0.